The van der Waals surface area contributed by atoms with Gasteiger partial charge in [0.15, 0.2) is 0 Å². The molecule has 0 saturated carbocycles. The van der Waals surface area contributed by atoms with Gasteiger partial charge in [-0.1, -0.05) is 6.92 Å². The van der Waals surface area contributed by atoms with Crippen LogP contribution in [-0.4, -0.2) is 40.1 Å². The molecule has 0 radical (unpaired) electrons. The Hall–Kier alpha value is -1.56. The predicted octanol–water partition coefficient (Wildman–Crippen LogP) is 1.60. The Labute approximate surface area is 126 Å². The number of rotatable bonds is 8. The van der Waals surface area contributed by atoms with Crippen LogP contribution in [-0.2, 0) is 6.54 Å². The summed E-state index contributed by atoms with van der Waals surface area (Å²) in [5.74, 6) is 0.269. The van der Waals surface area contributed by atoms with Crippen LogP contribution in [0.3, 0.4) is 0 Å². The number of amides is 2. The van der Waals surface area contributed by atoms with Gasteiger partial charge in [-0.25, -0.2) is 4.79 Å². The third-order valence-electron chi connectivity index (χ3n) is 3.29. The summed E-state index contributed by atoms with van der Waals surface area (Å²) in [6, 6.07) is 1.89. The SMILES string of the molecule is Cc1cc(C)n(CCCNC(=O)NCC(C)CC(C)O)n1. The number of aromatic nitrogens is 2. The third kappa shape index (κ3) is 7.13. The summed E-state index contributed by atoms with van der Waals surface area (Å²) in [4.78, 5) is 11.6. The standard InChI is InChI=1S/C15H28N4O2/c1-11(8-14(4)20)10-17-15(21)16-6-5-7-19-13(3)9-12(2)18-19/h9,11,14,20H,5-8,10H2,1-4H3,(H2,16,17,21). The third-order valence-corrected chi connectivity index (χ3v) is 3.29. The van der Waals surface area contributed by atoms with E-state index in [1.807, 2.05) is 31.5 Å². The smallest absolute Gasteiger partial charge is 0.314 e. The van der Waals surface area contributed by atoms with Crippen LogP contribution in [0.2, 0.25) is 0 Å². The first-order chi connectivity index (χ1) is 9.88. The molecule has 0 saturated heterocycles. The Morgan fingerprint density at radius 1 is 1.38 bits per heavy atom. The lowest BCUT2D eigenvalue weighted by Crippen LogP contribution is -2.38. The highest BCUT2D eigenvalue weighted by Crippen LogP contribution is 2.04. The topological polar surface area (TPSA) is 79.2 Å². The fourth-order valence-corrected chi connectivity index (χ4v) is 2.33. The first-order valence-electron chi connectivity index (χ1n) is 7.59. The monoisotopic (exact) mass is 296 g/mol. The Morgan fingerprint density at radius 3 is 2.67 bits per heavy atom. The van der Waals surface area contributed by atoms with Crippen molar-refractivity contribution < 1.29 is 9.90 Å². The van der Waals surface area contributed by atoms with E-state index in [-0.39, 0.29) is 18.1 Å². The maximum absolute atomic E-state index is 11.6. The highest BCUT2D eigenvalue weighted by Gasteiger charge is 2.08. The second kappa shape index (κ2) is 8.67. The van der Waals surface area contributed by atoms with Crippen LogP contribution in [0.15, 0.2) is 6.07 Å². The molecule has 0 bridgehead atoms. The van der Waals surface area contributed by atoms with Crippen LogP contribution >= 0.6 is 0 Å². The van der Waals surface area contributed by atoms with Gasteiger partial charge in [0, 0.05) is 25.3 Å². The molecule has 2 unspecified atom stereocenters. The maximum Gasteiger partial charge on any atom is 0.314 e. The molecule has 0 aliphatic heterocycles. The van der Waals surface area contributed by atoms with Crippen molar-refractivity contribution in [1.82, 2.24) is 20.4 Å². The van der Waals surface area contributed by atoms with Crippen molar-refractivity contribution >= 4 is 6.03 Å². The van der Waals surface area contributed by atoms with Gasteiger partial charge < -0.3 is 15.7 Å². The van der Waals surface area contributed by atoms with Gasteiger partial charge >= 0.3 is 6.03 Å². The van der Waals surface area contributed by atoms with Crippen LogP contribution in [0.5, 0.6) is 0 Å². The lowest BCUT2D eigenvalue weighted by atomic mass is 10.1. The molecule has 3 N–H and O–H groups in total. The van der Waals surface area contributed by atoms with E-state index in [1.165, 1.54) is 0 Å². The average molecular weight is 296 g/mol. The van der Waals surface area contributed by atoms with Gasteiger partial charge in [-0.15, -0.1) is 0 Å². The number of hydrogen-bond acceptors (Lipinski definition) is 3. The number of nitrogens with zero attached hydrogens (tertiary/aromatic N) is 2. The van der Waals surface area contributed by atoms with Crippen molar-refractivity contribution in [2.45, 2.75) is 53.2 Å². The summed E-state index contributed by atoms with van der Waals surface area (Å²) in [6.45, 7) is 9.78. The van der Waals surface area contributed by atoms with Gasteiger partial charge in [0.05, 0.1) is 11.8 Å². The van der Waals surface area contributed by atoms with E-state index in [0.717, 1.165) is 24.4 Å². The zero-order valence-corrected chi connectivity index (χ0v) is 13.5. The van der Waals surface area contributed by atoms with E-state index < -0.39 is 0 Å². The summed E-state index contributed by atoms with van der Waals surface area (Å²) in [7, 11) is 0. The molecule has 0 aromatic carbocycles. The number of hydrogen-bond donors (Lipinski definition) is 3. The van der Waals surface area contributed by atoms with Crippen molar-refractivity contribution in [2.24, 2.45) is 5.92 Å². The molecule has 2 atom stereocenters. The van der Waals surface area contributed by atoms with Crippen molar-refractivity contribution in [3.63, 3.8) is 0 Å². The van der Waals surface area contributed by atoms with E-state index in [1.54, 1.807) is 6.92 Å². The molecule has 1 aromatic rings. The molecule has 1 heterocycles. The van der Waals surface area contributed by atoms with Gasteiger partial charge in [-0.3, -0.25) is 4.68 Å². The quantitative estimate of drug-likeness (QED) is 0.637. The molecular weight excluding hydrogens is 268 g/mol. The summed E-state index contributed by atoms with van der Waals surface area (Å²) in [5, 5.41) is 19.3. The Morgan fingerprint density at radius 2 is 2.10 bits per heavy atom. The minimum absolute atomic E-state index is 0.152. The van der Waals surface area contributed by atoms with Crippen LogP contribution in [0.4, 0.5) is 4.79 Å². The first kappa shape index (κ1) is 17.5. The number of urea groups is 1. The number of carbonyl (C=O) groups excluding carboxylic acids is 1. The van der Waals surface area contributed by atoms with Gasteiger partial charge in [-0.2, -0.15) is 5.10 Å². The van der Waals surface area contributed by atoms with E-state index in [9.17, 15) is 9.90 Å². The number of carbonyl (C=O) groups is 1. The Bertz CT molecular complexity index is 443. The molecule has 0 aliphatic rings. The fraction of sp³-hybridized carbons (Fsp3) is 0.733. The molecular formula is C15H28N4O2. The highest BCUT2D eigenvalue weighted by molar-refractivity contribution is 5.73. The zero-order chi connectivity index (χ0) is 15.8. The molecule has 6 nitrogen and oxygen atoms in total. The lowest BCUT2D eigenvalue weighted by molar-refractivity contribution is 0.163. The molecule has 1 aromatic heterocycles. The molecule has 6 heteroatoms. The molecule has 0 fully saturated rings. The summed E-state index contributed by atoms with van der Waals surface area (Å²) in [6.07, 6.45) is 1.21. The molecule has 120 valence electrons. The molecule has 2 amide bonds. The van der Waals surface area contributed by atoms with Gasteiger partial charge in [-0.05, 0) is 45.6 Å². The van der Waals surface area contributed by atoms with Gasteiger partial charge in [0.2, 0.25) is 0 Å². The van der Waals surface area contributed by atoms with Gasteiger partial charge in [0.25, 0.3) is 0 Å². The van der Waals surface area contributed by atoms with E-state index in [2.05, 4.69) is 15.7 Å². The van der Waals surface area contributed by atoms with Crippen LogP contribution in [0, 0.1) is 19.8 Å². The number of aliphatic hydroxyl groups excluding tert-OH is 1. The van der Waals surface area contributed by atoms with Crippen LogP contribution < -0.4 is 10.6 Å². The van der Waals surface area contributed by atoms with Crippen molar-refractivity contribution in [1.29, 1.82) is 0 Å². The summed E-state index contributed by atoms with van der Waals surface area (Å²) >= 11 is 0. The predicted molar refractivity (Wildman–Crippen MR) is 83.2 cm³/mol. The first-order valence-corrected chi connectivity index (χ1v) is 7.59. The van der Waals surface area contributed by atoms with Crippen molar-refractivity contribution in [3.05, 3.63) is 17.5 Å². The Balaban J connectivity index is 2.12. The minimum Gasteiger partial charge on any atom is -0.393 e. The Kier molecular flexibility index (Phi) is 7.22. The van der Waals surface area contributed by atoms with E-state index in [0.29, 0.717) is 19.5 Å². The van der Waals surface area contributed by atoms with Crippen molar-refractivity contribution in [2.75, 3.05) is 13.1 Å². The molecule has 21 heavy (non-hydrogen) atoms. The van der Waals surface area contributed by atoms with Crippen LogP contribution in [0.25, 0.3) is 0 Å². The second-order valence-corrected chi connectivity index (χ2v) is 5.83. The van der Waals surface area contributed by atoms with Crippen molar-refractivity contribution in [3.8, 4) is 0 Å². The number of nitrogens with one attached hydrogen (secondary N) is 2. The van der Waals surface area contributed by atoms with Gasteiger partial charge in [0.1, 0.15) is 0 Å². The highest BCUT2D eigenvalue weighted by atomic mass is 16.3. The maximum atomic E-state index is 11.6. The minimum atomic E-state index is -0.328. The van der Waals surface area contributed by atoms with E-state index in [4.69, 9.17) is 0 Å². The largest absolute Gasteiger partial charge is 0.393 e. The molecule has 0 spiro atoms. The normalized spacial score (nSPS) is 13.8. The number of aryl methyl sites for hydroxylation is 3. The molecule has 1 rings (SSSR count). The number of aliphatic hydroxyl groups is 1. The fourth-order valence-electron chi connectivity index (χ4n) is 2.33. The average Bonchev–Trinajstić information content (AvgIpc) is 2.70. The lowest BCUT2D eigenvalue weighted by Gasteiger charge is -2.14. The molecule has 0 aliphatic carbocycles. The van der Waals surface area contributed by atoms with E-state index >= 15 is 0 Å². The second-order valence-electron chi connectivity index (χ2n) is 5.83. The summed E-state index contributed by atoms with van der Waals surface area (Å²) in [5.41, 5.74) is 2.16. The van der Waals surface area contributed by atoms with Crippen LogP contribution in [0.1, 0.15) is 38.1 Å². The summed E-state index contributed by atoms with van der Waals surface area (Å²) < 4.78 is 1.96. The zero-order valence-electron chi connectivity index (χ0n) is 13.5.